The van der Waals surface area contributed by atoms with Crippen molar-refractivity contribution in [3.05, 3.63) is 23.8 Å². The van der Waals surface area contributed by atoms with E-state index in [0.717, 1.165) is 27.9 Å². The van der Waals surface area contributed by atoms with E-state index in [2.05, 4.69) is 10.2 Å². The summed E-state index contributed by atoms with van der Waals surface area (Å²) in [6, 6.07) is 5.87. The van der Waals surface area contributed by atoms with Gasteiger partial charge in [0.2, 0.25) is 12.7 Å². The van der Waals surface area contributed by atoms with Crippen LogP contribution >= 0.6 is 11.8 Å². The number of aryl methyl sites for hydroxylation is 1. The summed E-state index contributed by atoms with van der Waals surface area (Å²) >= 11 is 1.26. The zero-order valence-electron chi connectivity index (χ0n) is 11.7. The van der Waals surface area contributed by atoms with E-state index in [0.29, 0.717) is 10.9 Å². The van der Waals surface area contributed by atoms with Crippen molar-refractivity contribution in [1.29, 1.82) is 0 Å². The molecule has 0 spiro atoms. The first-order valence-electron chi connectivity index (χ1n) is 6.62. The third-order valence-electron chi connectivity index (χ3n) is 3.46. The smallest absolute Gasteiger partial charge is 0.231 e. The van der Waals surface area contributed by atoms with Crippen molar-refractivity contribution >= 4 is 34.2 Å². The largest absolute Gasteiger partial charge is 0.454 e. The highest BCUT2D eigenvalue weighted by Gasteiger charge is 2.18. The van der Waals surface area contributed by atoms with Gasteiger partial charge in [-0.15, -0.1) is 10.2 Å². The molecule has 1 aromatic carbocycles. The van der Waals surface area contributed by atoms with Gasteiger partial charge < -0.3 is 15.2 Å². The van der Waals surface area contributed by atoms with Crippen molar-refractivity contribution in [3.8, 4) is 11.5 Å². The van der Waals surface area contributed by atoms with Gasteiger partial charge in [0.25, 0.3) is 0 Å². The minimum atomic E-state index is -0.392. The molecule has 4 rings (SSSR count). The second kappa shape index (κ2) is 4.77. The van der Waals surface area contributed by atoms with Gasteiger partial charge in [-0.25, -0.2) is 0 Å². The lowest BCUT2D eigenvalue weighted by molar-refractivity contribution is -0.115. The van der Waals surface area contributed by atoms with Gasteiger partial charge in [-0.3, -0.25) is 9.20 Å². The Kier molecular flexibility index (Phi) is 2.86. The fraction of sp³-hybridized carbons (Fsp3) is 0.214. The Morgan fingerprint density at radius 3 is 2.86 bits per heavy atom. The van der Waals surface area contributed by atoms with Crippen LogP contribution in [-0.4, -0.2) is 33.1 Å². The number of carbonyl (C=O) groups is 1. The molecule has 2 aromatic heterocycles. The molecule has 0 bridgehead atoms. The first-order chi connectivity index (χ1) is 10.6. The van der Waals surface area contributed by atoms with Crippen LogP contribution in [0.5, 0.6) is 11.5 Å². The SMILES string of the molecule is Cc1cc2cc3c(cc2n2c(SCC(N)=O)nnc12)OCO3. The number of pyridine rings is 1. The summed E-state index contributed by atoms with van der Waals surface area (Å²) in [6.07, 6.45) is 0. The Hall–Kier alpha value is -2.48. The highest BCUT2D eigenvalue weighted by Crippen LogP contribution is 2.37. The molecule has 0 radical (unpaired) electrons. The van der Waals surface area contributed by atoms with E-state index in [-0.39, 0.29) is 12.5 Å². The van der Waals surface area contributed by atoms with Gasteiger partial charge in [0.15, 0.2) is 22.3 Å². The predicted molar refractivity (Wildman–Crippen MR) is 81.3 cm³/mol. The topological polar surface area (TPSA) is 91.7 Å². The molecule has 2 N–H and O–H groups in total. The number of primary amides is 1. The van der Waals surface area contributed by atoms with E-state index in [4.69, 9.17) is 15.2 Å². The van der Waals surface area contributed by atoms with Crippen molar-refractivity contribution in [2.24, 2.45) is 5.73 Å². The molecule has 112 valence electrons. The quantitative estimate of drug-likeness (QED) is 0.736. The molecule has 3 aromatic rings. The Labute approximate surface area is 129 Å². The summed E-state index contributed by atoms with van der Waals surface area (Å²) in [6.45, 7) is 2.19. The monoisotopic (exact) mass is 316 g/mol. The molecule has 1 amide bonds. The zero-order valence-corrected chi connectivity index (χ0v) is 12.5. The van der Waals surface area contributed by atoms with Crippen molar-refractivity contribution in [3.63, 3.8) is 0 Å². The third-order valence-corrected chi connectivity index (χ3v) is 4.42. The molecule has 3 heterocycles. The van der Waals surface area contributed by atoms with Crippen LogP contribution in [-0.2, 0) is 4.79 Å². The average Bonchev–Trinajstić information content (AvgIpc) is 3.09. The minimum Gasteiger partial charge on any atom is -0.454 e. The molecule has 7 nitrogen and oxygen atoms in total. The third kappa shape index (κ3) is 1.95. The predicted octanol–water partition coefficient (Wildman–Crippen LogP) is 1.50. The maximum Gasteiger partial charge on any atom is 0.231 e. The molecule has 1 aliphatic heterocycles. The Balaban J connectivity index is 1.99. The van der Waals surface area contributed by atoms with Crippen LogP contribution in [0, 0.1) is 6.92 Å². The number of thioether (sulfide) groups is 1. The van der Waals surface area contributed by atoms with Crippen molar-refractivity contribution < 1.29 is 14.3 Å². The number of nitrogens with two attached hydrogens (primary N) is 1. The van der Waals surface area contributed by atoms with Crippen LogP contribution < -0.4 is 15.2 Å². The van der Waals surface area contributed by atoms with Crippen molar-refractivity contribution in [2.45, 2.75) is 12.1 Å². The Bertz CT molecular complexity index is 921. The first kappa shape index (κ1) is 13.2. The van der Waals surface area contributed by atoms with E-state index in [1.165, 1.54) is 11.8 Å². The summed E-state index contributed by atoms with van der Waals surface area (Å²) in [7, 11) is 0. The van der Waals surface area contributed by atoms with Gasteiger partial charge in [0.1, 0.15) is 0 Å². The second-order valence-electron chi connectivity index (χ2n) is 4.99. The van der Waals surface area contributed by atoms with E-state index in [9.17, 15) is 4.79 Å². The number of nitrogens with zero attached hydrogens (tertiary/aromatic N) is 3. The average molecular weight is 316 g/mol. The summed E-state index contributed by atoms with van der Waals surface area (Å²) in [5.41, 5.74) is 7.86. The standard InChI is InChI=1S/C14H12N4O3S/c1-7-2-8-3-10-11(21-6-20-10)4-9(8)18-13(7)16-17-14(18)22-5-12(15)19/h2-4H,5-6H2,1H3,(H2,15,19). The molecular weight excluding hydrogens is 304 g/mol. The van der Waals surface area contributed by atoms with Gasteiger partial charge >= 0.3 is 0 Å². The maximum absolute atomic E-state index is 11.0. The van der Waals surface area contributed by atoms with E-state index in [1.807, 2.05) is 29.5 Å². The number of benzene rings is 1. The summed E-state index contributed by atoms with van der Waals surface area (Å²) in [4.78, 5) is 11.0. The zero-order chi connectivity index (χ0) is 15.3. The van der Waals surface area contributed by atoms with Gasteiger partial charge in [-0.2, -0.15) is 0 Å². The summed E-state index contributed by atoms with van der Waals surface area (Å²) in [5.74, 6) is 1.18. The number of carbonyl (C=O) groups excluding carboxylic acids is 1. The number of hydrogen-bond acceptors (Lipinski definition) is 6. The highest BCUT2D eigenvalue weighted by molar-refractivity contribution is 7.99. The molecule has 8 heteroatoms. The number of ether oxygens (including phenoxy) is 2. The fourth-order valence-corrected chi connectivity index (χ4v) is 3.21. The van der Waals surface area contributed by atoms with Gasteiger partial charge in [-0.1, -0.05) is 11.8 Å². The van der Waals surface area contributed by atoms with Crippen molar-refractivity contribution in [1.82, 2.24) is 14.6 Å². The maximum atomic E-state index is 11.0. The van der Waals surface area contributed by atoms with Crippen LogP contribution in [0.25, 0.3) is 16.6 Å². The summed E-state index contributed by atoms with van der Waals surface area (Å²) in [5, 5.41) is 10.00. The van der Waals surface area contributed by atoms with Crippen LogP contribution in [0.15, 0.2) is 23.4 Å². The molecule has 0 saturated carbocycles. The normalized spacial score (nSPS) is 13.1. The lowest BCUT2D eigenvalue weighted by atomic mass is 10.1. The van der Waals surface area contributed by atoms with Gasteiger partial charge in [0.05, 0.1) is 11.3 Å². The molecule has 22 heavy (non-hydrogen) atoms. The molecule has 0 fully saturated rings. The van der Waals surface area contributed by atoms with Crippen LogP contribution in [0.3, 0.4) is 0 Å². The number of rotatable bonds is 3. The molecule has 0 atom stereocenters. The van der Waals surface area contributed by atoms with Gasteiger partial charge in [-0.05, 0) is 24.6 Å². The van der Waals surface area contributed by atoms with E-state index in [1.54, 1.807) is 0 Å². The number of aromatic nitrogens is 3. The Morgan fingerprint density at radius 1 is 1.32 bits per heavy atom. The minimum absolute atomic E-state index is 0.154. The molecular formula is C14H12N4O3S. The summed E-state index contributed by atoms with van der Waals surface area (Å²) < 4.78 is 12.8. The number of hydrogen-bond donors (Lipinski definition) is 1. The molecule has 0 saturated heterocycles. The van der Waals surface area contributed by atoms with Gasteiger partial charge in [0, 0.05) is 11.5 Å². The van der Waals surface area contributed by atoms with Crippen molar-refractivity contribution in [2.75, 3.05) is 12.5 Å². The highest BCUT2D eigenvalue weighted by atomic mass is 32.2. The number of fused-ring (bicyclic) bond motifs is 4. The second-order valence-corrected chi connectivity index (χ2v) is 5.93. The lowest BCUT2D eigenvalue weighted by Crippen LogP contribution is -2.13. The molecule has 0 aliphatic carbocycles. The molecule has 1 aliphatic rings. The van der Waals surface area contributed by atoms with Crippen LogP contribution in [0.1, 0.15) is 5.56 Å². The van der Waals surface area contributed by atoms with Crippen LogP contribution in [0.2, 0.25) is 0 Å². The van der Waals surface area contributed by atoms with Crippen LogP contribution in [0.4, 0.5) is 0 Å². The fourth-order valence-electron chi connectivity index (χ4n) is 2.53. The van der Waals surface area contributed by atoms with E-state index >= 15 is 0 Å². The molecule has 0 unspecified atom stereocenters. The first-order valence-corrected chi connectivity index (χ1v) is 7.61. The Morgan fingerprint density at radius 2 is 2.09 bits per heavy atom. The van der Waals surface area contributed by atoms with E-state index < -0.39 is 5.91 Å². The lowest BCUT2D eigenvalue weighted by Gasteiger charge is -2.07. The number of amides is 1.